The normalized spacial score (nSPS) is 27.1. The van der Waals surface area contributed by atoms with Gasteiger partial charge in [0.2, 0.25) is 0 Å². The van der Waals surface area contributed by atoms with Crippen LogP contribution in [0.4, 0.5) is 0 Å². The van der Waals surface area contributed by atoms with Gasteiger partial charge in [0.15, 0.2) is 0 Å². The predicted molar refractivity (Wildman–Crippen MR) is 66.0 cm³/mol. The number of hydrogen-bond donors (Lipinski definition) is 0. The van der Waals surface area contributed by atoms with Crippen molar-refractivity contribution in [2.24, 2.45) is 5.92 Å². The molecule has 2 nitrogen and oxygen atoms in total. The molecule has 2 rings (SSSR count). The molecule has 1 aliphatic heterocycles. The second kappa shape index (κ2) is 5.08. The molecule has 0 bridgehead atoms. The van der Waals surface area contributed by atoms with Gasteiger partial charge in [-0.3, -0.25) is 9.88 Å². The molecular formula is C12H17BrN2. The van der Waals surface area contributed by atoms with Crippen LogP contribution in [0.3, 0.4) is 0 Å². The Morgan fingerprint density at radius 3 is 3.00 bits per heavy atom. The van der Waals surface area contributed by atoms with Crippen molar-refractivity contribution in [2.45, 2.75) is 24.7 Å². The zero-order valence-corrected chi connectivity index (χ0v) is 10.7. The van der Waals surface area contributed by atoms with Gasteiger partial charge in [-0.05, 0) is 17.5 Å². The van der Waals surface area contributed by atoms with E-state index in [1.165, 1.54) is 18.5 Å². The fraction of sp³-hybridized carbons (Fsp3) is 0.583. The van der Waals surface area contributed by atoms with Crippen molar-refractivity contribution in [2.75, 3.05) is 13.1 Å². The highest BCUT2D eigenvalue weighted by molar-refractivity contribution is 9.09. The van der Waals surface area contributed by atoms with E-state index in [0.29, 0.717) is 4.83 Å². The van der Waals surface area contributed by atoms with Crippen molar-refractivity contribution in [3.05, 3.63) is 30.1 Å². The smallest absolute Gasteiger partial charge is 0.0313 e. The van der Waals surface area contributed by atoms with Crippen LogP contribution in [0, 0.1) is 5.92 Å². The van der Waals surface area contributed by atoms with E-state index in [0.717, 1.165) is 19.0 Å². The molecule has 82 valence electrons. The van der Waals surface area contributed by atoms with E-state index < -0.39 is 0 Å². The standard InChI is InChI=1S/C12H17BrN2/c1-2-11-8-15(9-12(11)13)7-10-4-3-5-14-6-10/h3-6,11-12H,2,7-9H2,1H3. The van der Waals surface area contributed by atoms with E-state index >= 15 is 0 Å². The van der Waals surface area contributed by atoms with E-state index in [-0.39, 0.29) is 0 Å². The first-order valence-electron chi connectivity index (χ1n) is 5.55. The highest BCUT2D eigenvalue weighted by atomic mass is 79.9. The molecule has 2 heterocycles. The Morgan fingerprint density at radius 2 is 2.40 bits per heavy atom. The summed E-state index contributed by atoms with van der Waals surface area (Å²) in [6, 6.07) is 4.16. The Hall–Kier alpha value is -0.410. The number of aromatic nitrogens is 1. The number of rotatable bonds is 3. The maximum absolute atomic E-state index is 4.15. The molecule has 0 radical (unpaired) electrons. The molecule has 0 saturated carbocycles. The zero-order chi connectivity index (χ0) is 10.7. The third-order valence-electron chi connectivity index (χ3n) is 3.09. The van der Waals surface area contributed by atoms with Crippen LogP contribution in [-0.2, 0) is 6.54 Å². The first-order valence-corrected chi connectivity index (χ1v) is 6.46. The van der Waals surface area contributed by atoms with Gasteiger partial charge in [0.1, 0.15) is 0 Å². The summed E-state index contributed by atoms with van der Waals surface area (Å²) in [4.78, 5) is 7.32. The van der Waals surface area contributed by atoms with Gasteiger partial charge < -0.3 is 0 Å². The first kappa shape index (κ1) is 11.1. The second-order valence-corrected chi connectivity index (χ2v) is 5.42. The quantitative estimate of drug-likeness (QED) is 0.784. The summed E-state index contributed by atoms with van der Waals surface area (Å²) in [7, 11) is 0. The Bertz CT molecular complexity index is 302. The van der Waals surface area contributed by atoms with Gasteiger partial charge in [0, 0.05) is 36.9 Å². The summed E-state index contributed by atoms with van der Waals surface area (Å²) >= 11 is 3.76. The Labute approximate surface area is 99.8 Å². The lowest BCUT2D eigenvalue weighted by Crippen LogP contribution is -2.20. The molecular weight excluding hydrogens is 252 g/mol. The predicted octanol–water partition coefficient (Wildman–Crippen LogP) is 2.69. The number of nitrogens with zero attached hydrogens (tertiary/aromatic N) is 2. The highest BCUT2D eigenvalue weighted by Gasteiger charge is 2.29. The Balaban J connectivity index is 1.92. The van der Waals surface area contributed by atoms with Crippen LogP contribution in [0.25, 0.3) is 0 Å². The zero-order valence-electron chi connectivity index (χ0n) is 9.06. The minimum atomic E-state index is 0.666. The number of halogens is 1. The van der Waals surface area contributed by atoms with E-state index in [4.69, 9.17) is 0 Å². The lowest BCUT2D eigenvalue weighted by atomic mass is 10.1. The van der Waals surface area contributed by atoms with Gasteiger partial charge in [0.05, 0.1) is 0 Å². The molecule has 0 N–H and O–H groups in total. The summed E-state index contributed by atoms with van der Waals surface area (Å²) in [5.74, 6) is 0.807. The van der Waals surface area contributed by atoms with Crippen molar-refractivity contribution in [1.29, 1.82) is 0 Å². The molecule has 0 spiro atoms. The summed E-state index contributed by atoms with van der Waals surface area (Å²) in [6.45, 7) is 5.67. The van der Waals surface area contributed by atoms with E-state index in [2.05, 4.69) is 38.8 Å². The van der Waals surface area contributed by atoms with Crippen molar-refractivity contribution in [1.82, 2.24) is 9.88 Å². The molecule has 2 unspecified atom stereocenters. The summed E-state index contributed by atoms with van der Waals surface area (Å²) in [5.41, 5.74) is 1.31. The third-order valence-corrected chi connectivity index (χ3v) is 4.13. The molecule has 1 aromatic rings. The minimum Gasteiger partial charge on any atom is -0.298 e. The topological polar surface area (TPSA) is 16.1 Å². The van der Waals surface area contributed by atoms with Gasteiger partial charge >= 0.3 is 0 Å². The van der Waals surface area contributed by atoms with E-state index in [1.807, 2.05) is 18.5 Å². The Morgan fingerprint density at radius 1 is 1.53 bits per heavy atom. The third kappa shape index (κ3) is 2.79. The average Bonchev–Trinajstić information content (AvgIpc) is 2.60. The van der Waals surface area contributed by atoms with Gasteiger partial charge in [0.25, 0.3) is 0 Å². The monoisotopic (exact) mass is 268 g/mol. The first-order chi connectivity index (χ1) is 7.29. The summed E-state index contributed by atoms with van der Waals surface area (Å²) < 4.78 is 0. The number of pyridine rings is 1. The fourth-order valence-corrected chi connectivity index (χ4v) is 3.13. The van der Waals surface area contributed by atoms with Crippen LogP contribution in [0.2, 0.25) is 0 Å². The highest BCUT2D eigenvalue weighted by Crippen LogP contribution is 2.26. The van der Waals surface area contributed by atoms with Gasteiger partial charge in [-0.25, -0.2) is 0 Å². The van der Waals surface area contributed by atoms with Gasteiger partial charge in [-0.15, -0.1) is 0 Å². The molecule has 3 heteroatoms. The van der Waals surface area contributed by atoms with Crippen LogP contribution in [-0.4, -0.2) is 27.8 Å². The summed E-state index contributed by atoms with van der Waals surface area (Å²) in [5, 5.41) is 0. The van der Waals surface area contributed by atoms with Crippen LogP contribution in [0.1, 0.15) is 18.9 Å². The van der Waals surface area contributed by atoms with Gasteiger partial charge in [-0.1, -0.05) is 35.3 Å². The van der Waals surface area contributed by atoms with Gasteiger partial charge in [-0.2, -0.15) is 0 Å². The lowest BCUT2D eigenvalue weighted by molar-refractivity contribution is 0.315. The lowest BCUT2D eigenvalue weighted by Gasteiger charge is -2.14. The number of likely N-dealkylation sites (tertiary alicyclic amines) is 1. The summed E-state index contributed by atoms with van der Waals surface area (Å²) in [6.07, 6.45) is 5.05. The SMILES string of the molecule is CCC1CN(Cc2cccnc2)CC1Br. The molecule has 15 heavy (non-hydrogen) atoms. The second-order valence-electron chi connectivity index (χ2n) is 4.24. The minimum absolute atomic E-state index is 0.666. The molecule has 1 aliphatic rings. The van der Waals surface area contributed by atoms with Crippen molar-refractivity contribution in [3.63, 3.8) is 0 Å². The van der Waals surface area contributed by atoms with Crippen LogP contribution >= 0.6 is 15.9 Å². The molecule has 0 aliphatic carbocycles. The maximum atomic E-state index is 4.15. The largest absolute Gasteiger partial charge is 0.298 e. The van der Waals surface area contributed by atoms with Crippen molar-refractivity contribution < 1.29 is 0 Å². The molecule has 1 saturated heterocycles. The van der Waals surface area contributed by atoms with E-state index in [1.54, 1.807) is 0 Å². The average molecular weight is 269 g/mol. The Kier molecular flexibility index (Phi) is 3.76. The van der Waals surface area contributed by atoms with E-state index in [9.17, 15) is 0 Å². The van der Waals surface area contributed by atoms with Crippen LogP contribution < -0.4 is 0 Å². The molecule has 1 fully saturated rings. The van der Waals surface area contributed by atoms with Crippen LogP contribution in [0.5, 0.6) is 0 Å². The molecule has 1 aromatic heterocycles. The molecule has 2 atom stereocenters. The molecule has 0 amide bonds. The van der Waals surface area contributed by atoms with Crippen LogP contribution in [0.15, 0.2) is 24.5 Å². The fourth-order valence-electron chi connectivity index (χ4n) is 2.18. The number of alkyl halides is 1. The van der Waals surface area contributed by atoms with Crippen molar-refractivity contribution in [3.8, 4) is 0 Å². The van der Waals surface area contributed by atoms with Crippen molar-refractivity contribution >= 4 is 15.9 Å². The molecule has 0 aromatic carbocycles. The number of hydrogen-bond acceptors (Lipinski definition) is 2. The maximum Gasteiger partial charge on any atom is 0.0313 e.